The lowest BCUT2D eigenvalue weighted by molar-refractivity contribution is -0.914. The number of hydrogen-bond donors (Lipinski definition) is 2. The van der Waals surface area contributed by atoms with Crippen molar-refractivity contribution in [2.75, 3.05) is 43.0 Å². The number of carbonyl (C=O) groups is 1. The average Bonchev–Trinajstić information content (AvgIpc) is 3.22. The second-order valence-electron chi connectivity index (χ2n) is 8.09. The Kier molecular flexibility index (Phi) is 6.05. The number of quaternary nitrogens is 1. The molecule has 2 aromatic rings. The third-order valence-electron chi connectivity index (χ3n) is 6.28. The van der Waals surface area contributed by atoms with E-state index in [4.69, 9.17) is 4.74 Å². The highest BCUT2D eigenvalue weighted by Crippen LogP contribution is 2.28. The van der Waals surface area contributed by atoms with Crippen LogP contribution in [-0.2, 0) is 17.6 Å². The van der Waals surface area contributed by atoms with Crippen molar-refractivity contribution in [3.05, 3.63) is 53.6 Å². The van der Waals surface area contributed by atoms with Crippen LogP contribution in [-0.4, -0.2) is 44.7 Å². The summed E-state index contributed by atoms with van der Waals surface area (Å²) in [5.41, 5.74) is 4.92. The minimum Gasteiger partial charge on any atom is -0.492 e. The molecule has 2 aromatic carbocycles. The fourth-order valence-corrected chi connectivity index (χ4v) is 4.55. The molecular weight excluding hydrogens is 362 g/mol. The summed E-state index contributed by atoms with van der Waals surface area (Å²) in [5, 5.41) is 3.14. The summed E-state index contributed by atoms with van der Waals surface area (Å²) in [4.78, 5) is 16.6. The Labute approximate surface area is 173 Å². The summed E-state index contributed by atoms with van der Waals surface area (Å²) in [6.07, 6.45) is 3.52. The van der Waals surface area contributed by atoms with Crippen molar-refractivity contribution in [1.29, 1.82) is 0 Å². The normalized spacial score (nSPS) is 17.7. The lowest BCUT2D eigenvalue weighted by atomic mass is 10.1. The van der Waals surface area contributed by atoms with Gasteiger partial charge in [-0.15, -0.1) is 0 Å². The van der Waals surface area contributed by atoms with E-state index in [1.807, 2.05) is 32.0 Å². The summed E-state index contributed by atoms with van der Waals surface area (Å²) < 4.78 is 5.79. The molecule has 1 heterocycles. The molecule has 0 bridgehead atoms. The molecule has 0 spiro atoms. The molecule has 0 saturated carbocycles. The number of nitrogens with zero attached hydrogens (tertiary/aromatic N) is 1. The summed E-state index contributed by atoms with van der Waals surface area (Å²) in [6, 6.07) is 14.5. The van der Waals surface area contributed by atoms with E-state index in [0.717, 1.165) is 49.7 Å². The standard InChI is InChI=1S/C24H31N3O2/c1-3-29-23-10-5-4-9-22(23)27-15-13-26(14-16-27)18(2)24(28)25-21-12-11-19-7-6-8-20(19)17-21/h4-5,9-12,17-18H,3,6-8,13-16H2,1-2H3,(H,25,28)/p+1/t18-/m1/s1. The first-order valence-electron chi connectivity index (χ1n) is 10.9. The quantitative estimate of drug-likeness (QED) is 0.790. The maximum atomic E-state index is 12.8. The van der Waals surface area contributed by atoms with Crippen LogP contribution in [0.25, 0.3) is 0 Å². The minimum absolute atomic E-state index is 0.0625. The third-order valence-corrected chi connectivity index (χ3v) is 6.28. The second-order valence-corrected chi connectivity index (χ2v) is 8.09. The van der Waals surface area contributed by atoms with Crippen LogP contribution in [0.3, 0.4) is 0 Å². The van der Waals surface area contributed by atoms with Crippen molar-refractivity contribution in [1.82, 2.24) is 0 Å². The zero-order chi connectivity index (χ0) is 20.2. The van der Waals surface area contributed by atoms with Gasteiger partial charge in [0.05, 0.1) is 38.5 Å². The molecule has 5 heteroatoms. The summed E-state index contributed by atoms with van der Waals surface area (Å²) >= 11 is 0. The molecule has 0 unspecified atom stereocenters. The molecule has 1 saturated heterocycles. The van der Waals surface area contributed by atoms with Crippen LogP contribution in [0.5, 0.6) is 5.75 Å². The maximum absolute atomic E-state index is 12.8. The first-order chi connectivity index (χ1) is 14.2. The van der Waals surface area contributed by atoms with Gasteiger partial charge < -0.3 is 19.9 Å². The Morgan fingerprint density at radius 3 is 2.69 bits per heavy atom. The Morgan fingerprint density at radius 2 is 1.90 bits per heavy atom. The van der Waals surface area contributed by atoms with Crippen LogP contribution < -0.4 is 19.9 Å². The van der Waals surface area contributed by atoms with E-state index in [-0.39, 0.29) is 11.9 Å². The van der Waals surface area contributed by atoms with Crippen LogP contribution >= 0.6 is 0 Å². The number of fused-ring (bicyclic) bond motifs is 1. The third kappa shape index (κ3) is 4.40. The fourth-order valence-electron chi connectivity index (χ4n) is 4.55. The molecule has 5 nitrogen and oxygen atoms in total. The lowest BCUT2D eigenvalue weighted by Crippen LogP contribution is -3.19. The van der Waals surface area contributed by atoms with E-state index >= 15 is 0 Å². The van der Waals surface area contributed by atoms with Crippen molar-refractivity contribution in [2.45, 2.75) is 39.2 Å². The van der Waals surface area contributed by atoms with Crippen LogP contribution in [0, 0.1) is 0 Å². The molecule has 1 aliphatic heterocycles. The zero-order valence-corrected chi connectivity index (χ0v) is 17.5. The molecule has 1 aliphatic carbocycles. The van der Waals surface area contributed by atoms with Gasteiger partial charge in [-0.2, -0.15) is 0 Å². The number of ether oxygens (including phenoxy) is 1. The van der Waals surface area contributed by atoms with Gasteiger partial charge >= 0.3 is 0 Å². The van der Waals surface area contributed by atoms with Gasteiger partial charge in [-0.1, -0.05) is 18.2 Å². The number of para-hydroxylation sites is 2. The van der Waals surface area contributed by atoms with E-state index < -0.39 is 0 Å². The smallest absolute Gasteiger partial charge is 0.282 e. The Balaban J connectivity index is 1.34. The summed E-state index contributed by atoms with van der Waals surface area (Å²) in [7, 11) is 0. The number of hydrogen-bond acceptors (Lipinski definition) is 3. The van der Waals surface area contributed by atoms with Gasteiger partial charge in [0.25, 0.3) is 5.91 Å². The van der Waals surface area contributed by atoms with Crippen molar-refractivity contribution in [3.8, 4) is 5.75 Å². The summed E-state index contributed by atoms with van der Waals surface area (Å²) in [5.74, 6) is 1.06. The van der Waals surface area contributed by atoms with Crippen molar-refractivity contribution >= 4 is 17.3 Å². The molecule has 2 N–H and O–H groups in total. The fraction of sp³-hybridized carbons (Fsp3) is 0.458. The molecule has 154 valence electrons. The molecule has 0 aromatic heterocycles. The van der Waals surface area contributed by atoms with E-state index in [1.165, 1.54) is 28.9 Å². The summed E-state index contributed by atoms with van der Waals surface area (Å²) in [6.45, 7) is 8.47. The minimum atomic E-state index is -0.0625. The van der Waals surface area contributed by atoms with Crippen LogP contribution in [0.1, 0.15) is 31.4 Å². The molecule has 0 radical (unpaired) electrons. The van der Waals surface area contributed by atoms with Crippen LogP contribution in [0.2, 0.25) is 0 Å². The maximum Gasteiger partial charge on any atom is 0.282 e. The zero-order valence-electron chi connectivity index (χ0n) is 17.5. The highest BCUT2D eigenvalue weighted by atomic mass is 16.5. The van der Waals surface area contributed by atoms with Crippen molar-refractivity contribution < 1.29 is 14.4 Å². The SMILES string of the molecule is CCOc1ccccc1N1CC[NH+]([C@H](C)C(=O)Nc2ccc3c(c2)CCC3)CC1. The molecule has 4 rings (SSSR count). The van der Waals surface area contributed by atoms with E-state index in [2.05, 4.69) is 34.5 Å². The van der Waals surface area contributed by atoms with Crippen LogP contribution in [0.4, 0.5) is 11.4 Å². The van der Waals surface area contributed by atoms with E-state index in [1.54, 1.807) is 0 Å². The molecule has 29 heavy (non-hydrogen) atoms. The van der Waals surface area contributed by atoms with E-state index in [0.29, 0.717) is 6.61 Å². The van der Waals surface area contributed by atoms with Gasteiger partial charge in [-0.25, -0.2) is 0 Å². The predicted molar refractivity (Wildman–Crippen MR) is 117 cm³/mol. The molecule has 2 aliphatic rings. The number of aryl methyl sites for hydroxylation is 2. The predicted octanol–water partition coefficient (Wildman–Crippen LogP) is 2.31. The first kappa shape index (κ1) is 19.8. The van der Waals surface area contributed by atoms with Crippen LogP contribution in [0.15, 0.2) is 42.5 Å². The first-order valence-corrected chi connectivity index (χ1v) is 10.9. The van der Waals surface area contributed by atoms with Gasteiger partial charge in [-0.05, 0) is 68.5 Å². The number of piperazine rings is 1. The van der Waals surface area contributed by atoms with E-state index in [9.17, 15) is 4.79 Å². The van der Waals surface area contributed by atoms with Gasteiger partial charge in [0.2, 0.25) is 0 Å². The molecule has 1 fully saturated rings. The molecule has 1 amide bonds. The highest BCUT2D eigenvalue weighted by Gasteiger charge is 2.30. The Bertz CT molecular complexity index is 859. The highest BCUT2D eigenvalue weighted by molar-refractivity contribution is 5.93. The monoisotopic (exact) mass is 394 g/mol. The second kappa shape index (κ2) is 8.87. The van der Waals surface area contributed by atoms with Crippen molar-refractivity contribution in [3.63, 3.8) is 0 Å². The average molecular weight is 395 g/mol. The number of carbonyl (C=O) groups excluding carboxylic acids is 1. The number of rotatable bonds is 6. The lowest BCUT2D eigenvalue weighted by Gasteiger charge is -2.36. The Morgan fingerprint density at radius 1 is 1.14 bits per heavy atom. The number of anilines is 2. The van der Waals surface area contributed by atoms with Crippen molar-refractivity contribution in [2.24, 2.45) is 0 Å². The van der Waals surface area contributed by atoms with Gasteiger partial charge in [-0.3, -0.25) is 4.79 Å². The molecule has 1 atom stereocenters. The van der Waals surface area contributed by atoms with Gasteiger partial charge in [0, 0.05) is 5.69 Å². The van der Waals surface area contributed by atoms with Gasteiger partial charge in [0.15, 0.2) is 6.04 Å². The number of benzene rings is 2. The Hall–Kier alpha value is -2.53. The van der Waals surface area contributed by atoms with Gasteiger partial charge in [0.1, 0.15) is 5.75 Å². The molecular formula is C24H32N3O2+. The largest absolute Gasteiger partial charge is 0.492 e. The number of nitrogens with one attached hydrogen (secondary N) is 2. The number of amides is 1. The topological polar surface area (TPSA) is 46.0 Å².